The smallest absolute Gasteiger partial charge is 0.328 e. The van der Waals surface area contributed by atoms with Crippen molar-refractivity contribution in [2.45, 2.75) is 12.6 Å². The van der Waals surface area contributed by atoms with E-state index in [0.717, 1.165) is 16.8 Å². The van der Waals surface area contributed by atoms with Crippen LogP contribution in [0.5, 0.6) is 0 Å². The Balaban J connectivity index is 2.80. The molecule has 1 rings (SSSR count). The number of carbonyl (C=O) groups excluding carboxylic acids is 3. The first kappa shape index (κ1) is 14.2. The second kappa shape index (κ2) is 5.62. The fraction of sp³-hybridized carbons (Fsp3) is 0.222. The van der Waals surface area contributed by atoms with E-state index in [1.165, 1.54) is 0 Å². The van der Waals surface area contributed by atoms with E-state index in [1.807, 2.05) is 10.3 Å². The molecule has 1 aromatic heterocycles. The molecule has 0 aliphatic carbocycles. The lowest BCUT2D eigenvalue weighted by atomic mass is 10.2. The molecule has 19 heavy (non-hydrogen) atoms. The van der Waals surface area contributed by atoms with Crippen LogP contribution >= 0.6 is 0 Å². The van der Waals surface area contributed by atoms with Gasteiger partial charge in [0.15, 0.2) is 6.04 Å². The number of primary amides is 2. The van der Waals surface area contributed by atoms with Crippen molar-refractivity contribution >= 4 is 17.7 Å². The van der Waals surface area contributed by atoms with Crippen LogP contribution in [0.3, 0.4) is 0 Å². The minimum atomic E-state index is -1.66. The number of hydrogen-bond donors (Lipinski definition) is 4. The van der Waals surface area contributed by atoms with Gasteiger partial charge >= 0.3 is 5.69 Å². The first-order chi connectivity index (χ1) is 8.81. The summed E-state index contributed by atoms with van der Waals surface area (Å²) < 4.78 is 0.871. The summed E-state index contributed by atoms with van der Waals surface area (Å²) >= 11 is 0. The number of nitrogens with two attached hydrogens (primary N) is 2. The Morgan fingerprint density at radius 1 is 1.26 bits per heavy atom. The van der Waals surface area contributed by atoms with Crippen LogP contribution in [0.25, 0.3) is 0 Å². The molecule has 0 spiro atoms. The average molecular weight is 269 g/mol. The number of nitrogens with one attached hydrogen (secondary N) is 2. The van der Waals surface area contributed by atoms with Crippen molar-refractivity contribution in [1.29, 1.82) is 0 Å². The predicted octanol–water partition coefficient (Wildman–Crippen LogP) is -4.01. The summed E-state index contributed by atoms with van der Waals surface area (Å²) in [6.45, 7) is -0.507. The van der Waals surface area contributed by atoms with Crippen molar-refractivity contribution in [2.75, 3.05) is 0 Å². The molecule has 0 saturated heterocycles. The Labute approximate surface area is 105 Å². The molecule has 0 saturated carbocycles. The Morgan fingerprint density at radius 2 is 1.84 bits per heavy atom. The van der Waals surface area contributed by atoms with Crippen LogP contribution in [-0.2, 0) is 20.9 Å². The lowest BCUT2D eigenvalue weighted by molar-refractivity contribution is -0.134. The highest BCUT2D eigenvalue weighted by atomic mass is 16.2. The third kappa shape index (κ3) is 3.80. The number of aromatic nitrogens is 2. The molecule has 0 atom stereocenters. The van der Waals surface area contributed by atoms with Gasteiger partial charge in [0.2, 0.25) is 17.7 Å². The van der Waals surface area contributed by atoms with Gasteiger partial charge in [0, 0.05) is 12.3 Å². The first-order valence-electron chi connectivity index (χ1n) is 4.99. The number of H-pyrrole nitrogens is 1. The Hall–Kier alpha value is -2.91. The summed E-state index contributed by atoms with van der Waals surface area (Å²) in [4.78, 5) is 57.2. The minimum absolute atomic E-state index is 0.507. The van der Waals surface area contributed by atoms with E-state index < -0.39 is 41.6 Å². The molecule has 1 heterocycles. The molecule has 1 aromatic rings. The van der Waals surface area contributed by atoms with Gasteiger partial charge in [-0.1, -0.05) is 0 Å². The molecule has 10 nitrogen and oxygen atoms in total. The summed E-state index contributed by atoms with van der Waals surface area (Å²) in [6, 6.07) is -0.625. The number of hydrogen-bond acceptors (Lipinski definition) is 5. The fourth-order valence-corrected chi connectivity index (χ4v) is 1.21. The van der Waals surface area contributed by atoms with E-state index in [2.05, 4.69) is 0 Å². The zero-order valence-corrected chi connectivity index (χ0v) is 9.58. The van der Waals surface area contributed by atoms with Crippen LogP contribution in [0.4, 0.5) is 0 Å². The van der Waals surface area contributed by atoms with Crippen molar-refractivity contribution in [3.63, 3.8) is 0 Å². The highest BCUT2D eigenvalue weighted by molar-refractivity contribution is 6.05. The molecule has 0 radical (unpaired) electrons. The van der Waals surface area contributed by atoms with Crippen molar-refractivity contribution < 1.29 is 14.4 Å². The fourth-order valence-electron chi connectivity index (χ4n) is 1.21. The lowest BCUT2D eigenvalue weighted by Gasteiger charge is -2.12. The molecule has 0 aliphatic heterocycles. The summed E-state index contributed by atoms with van der Waals surface area (Å²) in [5, 5.41) is 1.97. The zero-order valence-electron chi connectivity index (χ0n) is 9.58. The molecule has 0 bridgehead atoms. The van der Waals surface area contributed by atoms with Gasteiger partial charge in [-0.3, -0.25) is 28.7 Å². The van der Waals surface area contributed by atoms with Crippen LogP contribution in [0.1, 0.15) is 0 Å². The standard InChI is InChI=1S/C9H11N5O5/c10-7(17)6(8(11)18)12-5(16)3-14-2-1-4(15)13-9(14)19/h1-2,6H,3H2,(H2,10,17)(H2,11,18)(H,12,16)(H,13,15,19). The Morgan fingerprint density at radius 3 is 2.32 bits per heavy atom. The molecule has 102 valence electrons. The van der Waals surface area contributed by atoms with Gasteiger partial charge in [-0.15, -0.1) is 0 Å². The lowest BCUT2D eigenvalue weighted by Crippen LogP contribution is -2.53. The maximum Gasteiger partial charge on any atom is 0.328 e. The third-order valence-electron chi connectivity index (χ3n) is 2.09. The topological polar surface area (TPSA) is 170 Å². The van der Waals surface area contributed by atoms with E-state index in [4.69, 9.17) is 11.5 Å². The maximum absolute atomic E-state index is 11.5. The number of nitrogens with zero attached hydrogens (tertiary/aromatic N) is 1. The number of carbonyl (C=O) groups is 3. The second-order valence-corrected chi connectivity index (χ2v) is 3.54. The van der Waals surface area contributed by atoms with Crippen molar-refractivity contribution in [3.8, 4) is 0 Å². The third-order valence-corrected chi connectivity index (χ3v) is 2.09. The van der Waals surface area contributed by atoms with E-state index >= 15 is 0 Å². The average Bonchev–Trinajstić information content (AvgIpc) is 2.29. The van der Waals surface area contributed by atoms with E-state index in [9.17, 15) is 24.0 Å². The largest absolute Gasteiger partial charge is 0.367 e. The predicted molar refractivity (Wildman–Crippen MR) is 61.6 cm³/mol. The van der Waals surface area contributed by atoms with Crippen molar-refractivity contribution in [1.82, 2.24) is 14.9 Å². The second-order valence-electron chi connectivity index (χ2n) is 3.54. The monoisotopic (exact) mass is 269 g/mol. The summed E-state index contributed by atoms with van der Waals surface area (Å²) in [5.41, 5.74) is 8.29. The zero-order chi connectivity index (χ0) is 14.6. The van der Waals surface area contributed by atoms with Gasteiger partial charge < -0.3 is 16.8 Å². The molecule has 6 N–H and O–H groups in total. The Kier molecular flexibility index (Phi) is 4.19. The molecule has 0 aliphatic rings. The first-order valence-corrected chi connectivity index (χ1v) is 4.99. The highest BCUT2D eigenvalue weighted by Crippen LogP contribution is 1.84. The molecule has 0 unspecified atom stereocenters. The SMILES string of the molecule is NC(=O)C(NC(=O)Cn1ccc(=O)[nH]c1=O)C(N)=O. The van der Waals surface area contributed by atoms with Crippen LogP contribution in [0.2, 0.25) is 0 Å². The van der Waals surface area contributed by atoms with Gasteiger partial charge in [0.05, 0.1) is 0 Å². The molecular formula is C9H11N5O5. The summed E-state index contributed by atoms with van der Waals surface area (Å²) in [7, 11) is 0. The molecular weight excluding hydrogens is 258 g/mol. The highest BCUT2D eigenvalue weighted by Gasteiger charge is 2.23. The number of amides is 3. The van der Waals surface area contributed by atoms with Gasteiger partial charge in [0.1, 0.15) is 6.54 Å². The minimum Gasteiger partial charge on any atom is -0.367 e. The van der Waals surface area contributed by atoms with Crippen molar-refractivity contribution in [3.05, 3.63) is 33.1 Å². The molecule has 0 fully saturated rings. The summed E-state index contributed by atoms with van der Waals surface area (Å²) in [6.07, 6.45) is 1.09. The van der Waals surface area contributed by atoms with Gasteiger partial charge in [0.25, 0.3) is 5.56 Å². The quantitative estimate of drug-likeness (QED) is 0.398. The normalized spacial score (nSPS) is 10.2. The van der Waals surface area contributed by atoms with Crippen LogP contribution in [0.15, 0.2) is 21.9 Å². The molecule has 0 aromatic carbocycles. The summed E-state index contributed by atoms with van der Waals surface area (Å²) in [5.74, 6) is -3.07. The van der Waals surface area contributed by atoms with Gasteiger partial charge in [-0.2, -0.15) is 0 Å². The van der Waals surface area contributed by atoms with Crippen LogP contribution in [-0.4, -0.2) is 33.3 Å². The van der Waals surface area contributed by atoms with E-state index in [0.29, 0.717) is 0 Å². The van der Waals surface area contributed by atoms with Gasteiger partial charge in [-0.25, -0.2) is 4.79 Å². The van der Waals surface area contributed by atoms with E-state index in [-0.39, 0.29) is 0 Å². The number of rotatable bonds is 5. The van der Waals surface area contributed by atoms with Crippen LogP contribution in [0, 0.1) is 0 Å². The van der Waals surface area contributed by atoms with Crippen LogP contribution < -0.4 is 28.0 Å². The molecule has 3 amide bonds. The van der Waals surface area contributed by atoms with E-state index in [1.54, 1.807) is 0 Å². The van der Waals surface area contributed by atoms with Crippen molar-refractivity contribution in [2.24, 2.45) is 11.5 Å². The van der Waals surface area contributed by atoms with Gasteiger partial charge in [-0.05, 0) is 0 Å². The number of aromatic amines is 1. The molecule has 10 heteroatoms. The maximum atomic E-state index is 11.5. The Bertz CT molecular complexity index is 616.